The lowest BCUT2D eigenvalue weighted by Crippen LogP contribution is -2.31. The van der Waals surface area contributed by atoms with Crippen molar-refractivity contribution >= 4 is 22.4 Å². The molecule has 0 atom stereocenters. The molecule has 1 N–H and O–H groups in total. The van der Waals surface area contributed by atoms with E-state index >= 15 is 0 Å². The monoisotopic (exact) mass is 336 g/mol. The van der Waals surface area contributed by atoms with Crippen molar-refractivity contribution in [3.63, 3.8) is 0 Å². The minimum absolute atomic E-state index is 0.237. The Morgan fingerprint density at radius 2 is 2.00 bits per heavy atom. The third kappa shape index (κ3) is 3.39. The predicted molar refractivity (Wildman–Crippen MR) is 94.0 cm³/mol. The summed E-state index contributed by atoms with van der Waals surface area (Å²) < 4.78 is 4.92. The summed E-state index contributed by atoms with van der Waals surface area (Å²) in [6.45, 7) is 6.78. The Kier molecular flexibility index (Phi) is 4.43. The van der Waals surface area contributed by atoms with E-state index < -0.39 is 5.41 Å². The molecule has 1 aromatic rings. The van der Waals surface area contributed by atoms with Gasteiger partial charge in [-0.3, -0.25) is 4.79 Å². The predicted octanol–water partition coefficient (Wildman–Crippen LogP) is 4.28. The molecule has 4 nitrogen and oxygen atoms in total. The number of nitrogens with zero attached hydrogens (tertiary/aromatic N) is 1. The van der Waals surface area contributed by atoms with Crippen LogP contribution in [0.1, 0.15) is 62.9 Å². The molecule has 0 aromatic carbocycles. The first-order valence-electron chi connectivity index (χ1n) is 8.66. The van der Waals surface area contributed by atoms with Crippen molar-refractivity contribution in [3.05, 3.63) is 10.6 Å². The van der Waals surface area contributed by atoms with Gasteiger partial charge >= 0.3 is 5.97 Å². The van der Waals surface area contributed by atoms with Crippen LogP contribution in [0.15, 0.2) is 0 Å². The van der Waals surface area contributed by atoms with Gasteiger partial charge in [-0.1, -0.05) is 0 Å². The zero-order valence-corrected chi connectivity index (χ0v) is 15.5. The Balaban J connectivity index is 1.59. The third-order valence-electron chi connectivity index (χ3n) is 5.75. The first-order valence-corrected chi connectivity index (χ1v) is 9.48. The van der Waals surface area contributed by atoms with E-state index in [-0.39, 0.29) is 5.97 Å². The second kappa shape index (κ2) is 6.08. The molecule has 2 aliphatic rings. The smallest absolute Gasteiger partial charge is 0.317 e. The van der Waals surface area contributed by atoms with Crippen molar-refractivity contribution in [2.24, 2.45) is 11.3 Å². The average molecular weight is 337 g/mol. The first kappa shape index (κ1) is 16.7. The van der Waals surface area contributed by atoms with Gasteiger partial charge in [0.05, 0.1) is 12.8 Å². The van der Waals surface area contributed by atoms with Gasteiger partial charge in [-0.05, 0) is 70.6 Å². The Morgan fingerprint density at radius 1 is 1.35 bits per heavy atom. The van der Waals surface area contributed by atoms with Crippen molar-refractivity contribution in [3.8, 4) is 0 Å². The molecular formula is C18H28N2O2S. The highest BCUT2D eigenvalue weighted by Crippen LogP contribution is 2.57. The minimum Gasteiger partial charge on any atom is -0.468 e. The van der Waals surface area contributed by atoms with Crippen LogP contribution >= 0.6 is 11.3 Å². The van der Waals surface area contributed by atoms with E-state index in [1.807, 2.05) is 20.8 Å². The molecule has 128 valence electrons. The van der Waals surface area contributed by atoms with Crippen LogP contribution in [0.5, 0.6) is 0 Å². The zero-order valence-electron chi connectivity index (χ0n) is 14.7. The molecule has 0 aliphatic heterocycles. The number of anilines is 1. The number of thiazole rings is 1. The van der Waals surface area contributed by atoms with Crippen LogP contribution in [0, 0.1) is 18.3 Å². The Bertz CT molecular complexity index is 580. The van der Waals surface area contributed by atoms with E-state index in [1.54, 1.807) is 11.3 Å². The van der Waals surface area contributed by atoms with E-state index in [4.69, 9.17) is 4.74 Å². The second-order valence-electron chi connectivity index (χ2n) is 7.86. The van der Waals surface area contributed by atoms with E-state index in [9.17, 15) is 4.79 Å². The van der Waals surface area contributed by atoms with Gasteiger partial charge in [0.25, 0.3) is 0 Å². The van der Waals surface area contributed by atoms with Gasteiger partial charge in [0, 0.05) is 11.4 Å². The topological polar surface area (TPSA) is 51.2 Å². The molecule has 2 fully saturated rings. The van der Waals surface area contributed by atoms with E-state index in [0.717, 1.165) is 33.6 Å². The summed E-state index contributed by atoms with van der Waals surface area (Å²) in [4.78, 5) is 17.8. The summed E-state index contributed by atoms with van der Waals surface area (Å²) in [5.74, 6) is 0.530. The number of hydrogen-bond acceptors (Lipinski definition) is 5. The lowest BCUT2D eigenvalue weighted by atomic mass is 9.80. The molecule has 0 saturated heterocycles. The Hall–Kier alpha value is -1.10. The molecule has 0 amide bonds. The fraction of sp³-hybridized carbons (Fsp3) is 0.778. The van der Waals surface area contributed by atoms with Crippen molar-refractivity contribution in [2.75, 3.05) is 19.0 Å². The van der Waals surface area contributed by atoms with Gasteiger partial charge in [-0.2, -0.15) is 0 Å². The van der Waals surface area contributed by atoms with Gasteiger partial charge in [-0.25, -0.2) is 4.98 Å². The molecule has 5 heteroatoms. The van der Waals surface area contributed by atoms with Crippen molar-refractivity contribution < 1.29 is 9.53 Å². The summed E-state index contributed by atoms with van der Waals surface area (Å²) in [5.41, 5.74) is 0.891. The normalized spacial score (nSPS) is 20.5. The average Bonchev–Trinajstić information content (AvgIpc) is 3.17. The van der Waals surface area contributed by atoms with E-state index in [0.29, 0.717) is 0 Å². The number of carbonyl (C=O) groups excluding carboxylic acids is 1. The van der Waals surface area contributed by atoms with Gasteiger partial charge in [0.2, 0.25) is 0 Å². The quantitative estimate of drug-likeness (QED) is 0.815. The molecule has 0 unspecified atom stereocenters. The second-order valence-corrected chi connectivity index (χ2v) is 9.07. The number of esters is 1. The largest absolute Gasteiger partial charge is 0.468 e. The molecule has 3 rings (SSSR count). The van der Waals surface area contributed by atoms with Crippen molar-refractivity contribution in [1.29, 1.82) is 0 Å². The zero-order chi connectivity index (χ0) is 16.7. The fourth-order valence-electron chi connectivity index (χ4n) is 3.81. The summed E-state index contributed by atoms with van der Waals surface area (Å²) in [6.07, 6.45) is 8.44. The third-order valence-corrected chi connectivity index (χ3v) is 6.68. The minimum atomic E-state index is -0.696. The number of aromatic nitrogens is 1. The molecule has 1 aromatic heterocycles. The van der Waals surface area contributed by atoms with Crippen molar-refractivity contribution in [1.82, 2.24) is 4.98 Å². The Morgan fingerprint density at radius 3 is 2.57 bits per heavy atom. The number of carbonyl (C=O) groups is 1. The van der Waals surface area contributed by atoms with E-state index in [2.05, 4.69) is 10.3 Å². The van der Waals surface area contributed by atoms with Crippen LogP contribution in [0.25, 0.3) is 0 Å². The maximum atomic E-state index is 12.0. The number of aryl methyl sites for hydroxylation is 1. The van der Waals surface area contributed by atoms with Crippen LogP contribution in [0.2, 0.25) is 0 Å². The molecular weight excluding hydrogens is 308 g/mol. The van der Waals surface area contributed by atoms with Gasteiger partial charge in [0.15, 0.2) is 5.13 Å². The molecule has 0 bridgehead atoms. The number of methoxy groups -OCH3 is 1. The van der Waals surface area contributed by atoms with Crippen LogP contribution < -0.4 is 5.32 Å². The van der Waals surface area contributed by atoms with Crippen LogP contribution in [-0.4, -0.2) is 24.6 Å². The SMILES string of the molecule is COC(=O)C(C)(C)c1nc(NCC2CCC3(CC2)CC3)sc1C. The van der Waals surface area contributed by atoms with Gasteiger partial charge in [0.1, 0.15) is 5.41 Å². The lowest BCUT2D eigenvalue weighted by Gasteiger charge is -2.28. The lowest BCUT2D eigenvalue weighted by molar-refractivity contribution is -0.146. The number of rotatable bonds is 5. The molecule has 23 heavy (non-hydrogen) atoms. The number of hydrogen-bond donors (Lipinski definition) is 1. The summed E-state index contributed by atoms with van der Waals surface area (Å²) in [6, 6.07) is 0. The van der Waals surface area contributed by atoms with Crippen LogP contribution in [0.4, 0.5) is 5.13 Å². The molecule has 1 spiro atoms. The number of nitrogens with one attached hydrogen (secondary N) is 1. The van der Waals surface area contributed by atoms with Gasteiger partial charge < -0.3 is 10.1 Å². The Labute approximate surface area is 143 Å². The van der Waals surface area contributed by atoms with Crippen molar-refractivity contribution in [2.45, 2.75) is 64.7 Å². The van der Waals surface area contributed by atoms with Crippen LogP contribution in [0.3, 0.4) is 0 Å². The summed E-state index contributed by atoms with van der Waals surface area (Å²) in [5, 5.41) is 4.44. The standard InChI is InChI=1S/C18H28N2O2S/c1-12-14(17(2,3)15(21)22-4)20-16(23-12)19-11-13-5-7-18(8-6-13)9-10-18/h13H,5-11H2,1-4H3,(H,19,20). The maximum Gasteiger partial charge on any atom is 0.317 e. The molecule has 2 aliphatic carbocycles. The highest BCUT2D eigenvalue weighted by Gasteiger charge is 2.44. The molecule has 0 radical (unpaired) electrons. The van der Waals surface area contributed by atoms with E-state index in [1.165, 1.54) is 45.6 Å². The van der Waals surface area contributed by atoms with Crippen LogP contribution in [-0.2, 0) is 14.9 Å². The summed E-state index contributed by atoms with van der Waals surface area (Å²) in [7, 11) is 1.43. The fourth-order valence-corrected chi connectivity index (χ4v) is 4.79. The number of ether oxygens (including phenoxy) is 1. The molecule has 2 saturated carbocycles. The maximum absolute atomic E-state index is 12.0. The first-order chi connectivity index (χ1) is 10.9. The van der Waals surface area contributed by atoms with Gasteiger partial charge in [-0.15, -0.1) is 11.3 Å². The highest BCUT2D eigenvalue weighted by molar-refractivity contribution is 7.15. The molecule has 1 heterocycles. The highest BCUT2D eigenvalue weighted by atomic mass is 32.1. The summed E-state index contributed by atoms with van der Waals surface area (Å²) >= 11 is 1.64.